The van der Waals surface area contributed by atoms with Crippen LogP contribution in [0.4, 0.5) is 8.78 Å². The van der Waals surface area contributed by atoms with E-state index in [2.05, 4.69) is 0 Å². The quantitative estimate of drug-likeness (QED) is 0.825. The predicted octanol–water partition coefficient (Wildman–Crippen LogP) is 3.39. The molecule has 2 N–H and O–H groups in total. The van der Waals surface area contributed by atoms with Crippen LogP contribution in [0.5, 0.6) is 0 Å². The number of nitriles is 1. The number of hydrogen-bond acceptors (Lipinski definition) is 5. The van der Waals surface area contributed by atoms with Crippen LogP contribution in [0.1, 0.15) is 38.2 Å². The molecule has 5 nitrogen and oxygen atoms in total. The molecule has 0 spiro atoms. The van der Waals surface area contributed by atoms with Crippen molar-refractivity contribution in [3.05, 3.63) is 58.2 Å². The number of carbonyl (C=O) groups is 1. The zero-order valence-electron chi connectivity index (χ0n) is 13.9. The van der Waals surface area contributed by atoms with Gasteiger partial charge in [-0.05, 0) is 31.0 Å². The molecule has 0 aliphatic carbocycles. The number of hydrogen-bond donors (Lipinski definition) is 1. The SMILES string of the molecule is CCCC1=C(C(=O)OCC)[C@H](c2ccc(F)c(F)c2)C(C#N)=C(N)O1. The molecule has 0 amide bonds. The van der Waals surface area contributed by atoms with Gasteiger partial charge in [0.05, 0.1) is 18.1 Å². The zero-order chi connectivity index (χ0) is 18.6. The van der Waals surface area contributed by atoms with Gasteiger partial charge in [-0.25, -0.2) is 13.6 Å². The highest BCUT2D eigenvalue weighted by Gasteiger charge is 2.37. The molecule has 0 radical (unpaired) electrons. The van der Waals surface area contributed by atoms with Gasteiger partial charge in [-0.15, -0.1) is 0 Å². The molecule has 1 aromatic rings. The number of ether oxygens (including phenoxy) is 2. The molecule has 0 bridgehead atoms. The third-order valence-electron chi connectivity index (χ3n) is 3.75. The van der Waals surface area contributed by atoms with E-state index < -0.39 is 23.5 Å². The fraction of sp³-hybridized carbons (Fsp3) is 0.333. The third-order valence-corrected chi connectivity index (χ3v) is 3.75. The largest absolute Gasteiger partial charge is 0.463 e. The Morgan fingerprint density at radius 2 is 2.08 bits per heavy atom. The molecule has 0 saturated carbocycles. The molecule has 1 heterocycles. The lowest BCUT2D eigenvalue weighted by Crippen LogP contribution is -2.26. The van der Waals surface area contributed by atoms with E-state index in [0.717, 1.165) is 12.1 Å². The molecule has 132 valence electrons. The van der Waals surface area contributed by atoms with E-state index in [-0.39, 0.29) is 35.0 Å². The second-order valence-corrected chi connectivity index (χ2v) is 5.41. The predicted molar refractivity (Wildman–Crippen MR) is 85.6 cm³/mol. The lowest BCUT2D eigenvalue weighted by molar-refractivity contribution is -0.139. The van der Waals surface area contributed by atoms with Crippen molar-refractivity contribution in [2.24, 2.45) is 5.73 Å². The molecule has 25 heavy (non-hydrogen) atoms. The van der Waals surface area contributed by atoms with Crippen LogP contribution in [0.15, 0.2) is 41.0 Å². The van der Waals surface area contributed by atoms with Crippen LogP contribution < -0.4 is 5.73 Å². The van der Waals surface area contributed by atoms with Crippen molar-refractivity contribution in [2.45, 2.75) is 32.6 Å². The summed E-state index contributed by atoms with van der Waals surface area (Å²) in [6.07, 6.45) is 1.03. The summed E-state index contributed by atoms with van der Waals surface area (Å²) in [4.78, 5) is 12.5. The van der Waals surface area contributed by atoms with E-state index in [9.17, 15) is 18.8 Å². The molecule has 7 heteroatoms. The Labute approximate surface area is 144 Å². The summed E-state index contributed by atoms with van der Waals surface area (Å²) in [6, 6.07) is 5.09. The summed E-state index contributed by atoms with van der Waals surface area (Å²) in [5.74, 6) is -3.65. The first-order chi connectivity index (χ1) is 11.9. The molecule has 0 unspecified atom stereocenters. The maximum Gasteiger partial charge on any atom is 0.338 e. The summed E-state index contributed by atoms with van der Waals surface area (Å²) in [7, 11) is 0. The van der Waals surface area contributed by atoms with E-state index in [1.807, 2.05) is 13.0 Å². The number of rotatable bonds is 5. The minimum Gasteiger partial charge on any atom is -0.463 e. The molecule has 0 saturated heterocycles. The third kappa shape index (κ3) is 3.63. The van der Waals surface area contributed by atoms with Crippen LogP contribution in [0, 0.1) is 23.0 Å². The number of nitrogens with zero attached hydrogens (tertiary/aromatic N) is 1. The van der Waals surface area contributed by atoms with Crippen LogP contribution in [0.2, 0.25) is 0 Å². The Hall–Kier alpha value is -2.88. The average molecular weight is 348 g/mol. The average Bonchev–Trinajstić information content (AvgIpc) is 2.57. The number of carbonyl (C=O) groups excluding carboxylic acids is 1. The van der Waals surface area contributed by atoms with Gasteiger partial charge in [-0.3, -0.25) is 0 Å². The Morgan fingerprint density at radius 3 is 2.64 bits per heavy atom. The molecule has 1 aliphatic heterocycles. The minimum atomic E-state index is -1.08. The van der Waals surface area contributed by atoms with Gasteiger partial charge in [0.1, 0.15) is 17.4 Å². The van der Waals surface area contributed by atoms with Crippen molar-refractivity contribution in [3.8, 4) is 6.07 Å². The summed E-state index contributed by atoms with van der Waals surface area (Å²) in [5.41, 5.74) is 6.08. The smallest absolute Gasteiger partial charge is 0.338 e. The maximum atomic E-state index is 13.7. The molecule has 0 aromatic heterocycles. The van der Waals surface area contributed by atoms with Crippen molar-refractivity contribution in [1.29, 1.82) is 5.26 Å². The van der Waals surface area contributed by atoms with E-state index in [1.165, 1.54) is 6.07 Å². The van der Waals surface area contributed by atoms with Crippen LogP contribution in [0.3, 0.4) is 0 Å². The van der Waals surface area contributed by atoms with Crippen molar-refractivity contribution in [1.82, 2.24) is 0 Å². The van der Waals surface area contributed by atoms with Gasteiger partial charge >= 0.3 is 5.97 Å². The van der Waals surface area contributed by atoms with E-state index in [4.69, 9.17) is 15.2 Å². The van der Waals surface area contributed by atoms with Crippen molar-refractivity contribution in [2.75, 3.05) is 6.61 Å². The van der Waals surface area contributed by atoms with Gasteiger partial charge in [0, 0.05) is 6.42 Å². The molecule has 1 atom stereocenters. The van der Waals surface area contributed by atoms with Crippen molar-refractivity contribution in [3.63, 3.8) is 0 Å². The maximum absolute atomic E-state index is 13.7. The zero-order valence-corrected chi connectivity index (χ0v) is 13.9. The van der Waals surface area contributed by atoms with Crippen LogP contribution in [-0.2, 0) is 14.3 Å². The number of allylic oxidation sites excluding steroid dienone is 2. The summed E-state index contributed by atoms with van der Waals surface area (Å²) >= 11 is 0. The van der Waals surface area contributed by atoms with E-state index >= 15 is 0 Å². The van der Waals surface area contributed by atoms with Crippen LogP contribution >= 0.6 is 0 Å². The molecule has 1 aromatic carbocycles. The van der Waals surface area contributed by atoms with Gasteiger partial charge in [-0.1, -0.05) is 13.0 Å². The fourth-order valence-corrected chi connectivity index (χ4v) is 2.69. The summed E-state index contributed by atoms with van der Waals surface area (Å²) in [5, 5.41) is 9.45. The molecular formula is C18H18F2N2O3. The second-order valence-electron chi connectivity index (χ2n) is 5.41. The van der Waals surface area contributed by atoms with Crippen LogP contribution in [0.25, 0.3) is 0 Å². The molecule has 1 aliphatic rings. The highest BCUT2D eigenvalue weighted by molar-refractivity contribution is 5.92. The monoisotopic (exact) mass is 348 g/mol. The van der Waals surface area contributed by atoms with Gasteiger partial charge in [0.25, 0.3) is 0 Å². The standard InChI is InChI=1S/C18H18F2N2O3/c1-3-5-14-16(18(23)24-4-2)15(11(9-21)17(22)25-14)10-6-7-12(19)13(20)8-10/h6-8,15H,3-5,22H2,1-2H3/t15-/m1/s1. The topological polar surface area (TPSA) is 85.3 Å². The van der Waals surface area contributed by atoms with E-state index in [1.54, 1.807) is 6.92 Å². The Kier molecular flexibility index (Phi) is 5.75. The Balaban J connectivity index is 2.68. The lowest BCUT2D eigenvalue weighted by Gasteiger charge is -2.28. The number of esters is 1. The first-order valence-corrected chi connectivity index (χ1v) is 7.87. The van der Waals surface area contributed by atoms with Crippen LogP contribution in [-0.4, -0.2) is 12.6 Å². The number of nitrogens with two attached hydrogens (primary N) is 1. The lowest BCUT2D eigenvalue weighted by atomic mass is 9.82. The van der Waals surface area contributed by atoms with Gasteiger partial charge in [0.15, 0.2) is 11.6 Å². The van der Waals surface area contributed by atoms with Gasteiger partial charge < -0.3 is 15.2 Å². The Morgan fingerprint density at radius 1 is 1.36 bits per heavy atom. The normalized spacial score (nSPS) is 17.2. The molecule has 2 rings (SSSR count). The van der Waals surface area contributed by atoms with Gasteiger partial charge in [-0.2, -0.15) is 5.26 Å². The summed E-state index contributed by atoms with van der Waals surface area (Å²) < 4.78 is 37.5. The highest BCUT2D eigenvalue weighted by Crippen LogP contribution is 2.41. The van der Waals surface area contributed by atoms with Crippen molar-refractivity contribution >= 4 is 5.97 Å². The second kappa shape index (κ2) is 7.79. The molecular weight excluding hydrogens is 330 g/mol. The van der Waals surface area contributed by atoms with Crippen molar-refractivity contribution < 1.29 is 23.0 Å². The fourth-order valence-electron chi connectivity index (χ4n) is 2.69. The minimum absolute atomic E-state index is 0.0473. The molecule has 0 fully saturated rings. The summed E-state index contributed by atoms with van der Waals surface area (Å²) in [6.45, 7) is 3.64. The number of benzene rings is 1. The van der Waals surface area contributed by atoms with E-state index in [0.29, 0.717) is 12.8 Å². The first kappa shape index (κ1) is 18.5. The van der Waals surface area contributed by atoms with Gasteiger partial charge in [0.2, 0.25) is 5.88 Å². The highest BCUT2D eigenvalue weighted by atomic mass is 19.2. The first-order valence-electron chi connectivity index (χ1n) is 7.87. The Bertz CT molecular complexity index is 794. The number of halogens is 2.